The fourth-order valence-electron chi connectivity index (χ4n) is 2.74. The van der Waals surface area contributed by atoms with E-state index < -0.39 is 0 Å². The molecule has 5 nitrogen and oxygen atoms in total. The molecule has 0 saturated heterocycles. The van der Waals surface area contributed by atoms with E-state index in [1.54, 1.807) is 0 Å². The number of unbranched alkanes of at least 4 members (excludes halogenated alkanes) is 3. The quantitative estimate of drug-likeness (QED) is 0.330. The first-order valence-corrected chi connectivity index (χ1v) is 9.07. The van der Waals surface area contributed by atoms with Crippen LogP contribution in [0.4, 0.5) is 0 Å². The lowest BCUT2D eigenvalue weighted by atomic mass is 10.2. The van der Waals surface area contributed by atoms with E-state index in [0.29, 0.717) is 19.0 Å². The minimum Gasteiger partial charge on any atom is -0.357 e. The summed E-state index contributed by atoms with van der Waals surface area (Å²) in [6.07, 6.45) is 10.2. The van der Waals surface area contributed by atoms with Gasteiger partial charge in [-0.1, -0.05) is 39.0 Å². The highest BCUT2D eigenvalue weighted by Gasteiger charge is 2.16. The van der Waals surface area contributed by atoms with E-state index >= 15 is 0 Å². The summed E-state index contributed by atoms with van der Waals surface area (Å²) in [6, 6.07) is 0.410. The SMILES string of the molecule is CCCCCCN=C(NCC)NCCC(=O)NC1CCCC1. The first-order chi connectivity index (χ1) is 10.8. The van der Waals surface area contributed by atoms with E-state index in [4.69, 9.17) is 0 Å². The summed E-state index contributed by atoms with van der Waals surface area (Å²) < 4.78 is 0. The average molecular weight is 310 g/mol. The van der Waals surface area contributed by atoms with Gasteiger partial charge >= 0.3 is 0 Å². The Kier molecular flexibility index (Phi) is 10.5. The van der Waals surface area contributed by atoms with Crippen molar-refractivity contribution in [2.45, 2.75) is 77.7 Å². The molecule has 1 saturated carbocycles. The highest BCUT2D eigenvalue weighted by Crippen LogP contribution is 2.17. The van der Waals surface area contributed by atoms with Gasteiger partial charge in [0.25, 0.3) is 0 Å². The van der Waals surface area contributed by atoms with Crippen molar-refractivity contribution in [3.63, 3.8) is 0 Å². The van der Waals surface area contributed by atoms with Crippen LogP contribution in [0, 0.1) is 0 Å². The molecule has 1 amide bonds. The smallest absolute Gasteiger partial charge is 0.221 e. The molecule has 0 aromatic heterocycles. The van der Waals surface area contributed by atoms with E-state index in [9.17, 15) is 4.79 Å². The largest absolute Gasteiger partial charge is 0.357 e. The van der Waals surface area contributed by atoms with Gasteiger partial charge < -0.3 is 16.0 Å². The highest BCUT2D eigenvalue weighted by atomic mass is 16.1. The van der Waals surface area contributed by atoms with Crippen LogP contribution in [0.2, 0.25) is 0 Å². The maximum Gasteiger partial charge on any atom is 0.221 e. The van der Waals surface area contributed by atoms with Crippen molar-refractivity contribution in [3.8, 4) is 0 Å². The summed E-state index contributed by atoms with van der Waals surface area (Å²) in [5, 5.41) is 9.58. The maximum absolute atomic E-state index is 11.9. The predicted octanol–water partition coefficient (Wildman–Crippen LogP) is 2.57. The van der Waals surface area contributed by atoms with Gasteiger partial charge in [0.1, 0.15) is 0 Å². The summed E-state index contributed by atoms with van der Waals surface area (Å²) in [4.78, 5) is 16.4. The van der Waals surface area contributed by atoms with Gasteiger partial charge in [-0.15, -0.1) is 0 Å². The third-order valence-electron chi connectivity index (χ3n) is 3.99. The second-order valence-corrected chi connectivity index (χ2v) is 6.05. The van der Waals surface area contributed by atoms with Crippen LogP contribution in [-0.2, 0) is 4.79 Å². The number of amides is 1. The Hall–Kier alpha value is -1.26. The van der Waals surface area contributed by atoms with Crippen LogP contribution in [0.15, 0.2) is 4.99 Å². The topological polar surface area (TPSA) is 65.5 Å². The molecule has 3 N–H and O–H groups in total. The Morgan fingerprint density at radius 3 is 2.55 bits per heavy atom. The maximum atomic E-state index is 11.9. The van der Waals surface area contributed by atoms with Crippen molar-refractivity contribution in [1.29, 1.82) is 0 Å². The van der Waals surface area contributed by atoms with E-state index in [0.717, 1.165) is 38.3 Å². The third-order valence-corrected chi connectivity index (χ3v) is 3.99. The minimum atomic E-state index is 0.151. The lowest BCUT2D eigenvalue weighted by Gasteiger charge is -2.13. The molecule has 5 heteroatoms. The van der Waals surface area contributed by atoms with Gasteiger partial charge in [0.2, 0.25) is 5.91 Å². The van der Waals surface area contributed by atoms with Crippen molar-refractivity contribution in [2.24, 2.45) is 4.99 Å². The lowest BCUT2D eigenvalue weighted by Crippen LogP contribution is -2.40. The third kappa shape index (κ3) is 8.90. The lowest BCUT2D eigenvalue weighted by molar-refractivity contribution is -0.121. The molecule has 1 aliphatic carbocycles. The van der Waals surface area contributed by atoms with Crippen LogP contribution in [0.5, 0.6) is 0 Å². The molecule has 0 heterocycles. The number of hydrogen-bond donors (Lipinski definition) is 3. The summed E-state index contributed by atoms with van der Waals surface area (Å²) in [7, 11) is 0. The first kappa shape index (κ1) is 18.8. The summed E-state index contributed by atoms with van der Waals surface area (Å²) in [6.45, 7) is 6.60. The number of rotatable bonds is 10. The number of carbonyl (C=O) groups is 1. The molecule has 0 aliphatic heterocycles. The Labute approximate surface area is 135 Å². The van der Waals surface area contributed by atoms with Gasteiger partial charge in [0, 0.05) is 32.1 Å². The number of hydrogen-bond acceptors (Lipinski definition) is 2. The molecule has 0 spiro atoms. The Balaban J connectivity index is 2.16. The standard InChI is InChI=1S/C17H34N4O/c1-3-5-6-9-13-19-17(18-4-2)20-14-12-16(22)21-15-10-7-8-11-15/h15H,3-14H2,1-2H3,(H,21,22)(H2,18,19,20). The van der Waals surface area contributed by atoms with Gasteiger partial charge in [-0.3, -0.25) is 9.79 Å². The summed E-state index contributed by atoms with van der Waals surface area (Å²) >= 11 is 0. The van der Waals surface area contributed by atoms with Crippen LogP contribution >= 0.6 is 0 Å². The number of aliphatic imine (C=N–C) groups is 1. The zero-order valence-corrected chi connectivity index (χ0v) is 14.4. The Morgan fingerprint density at radius 1 is 1.09 bits per heavy atom. The molecule has 0 bridgehead atoms. The molecule has 128 valence electrons. The Bertz CT molecular complexity index is 325. The Morgan fingerprint density at radius 2 is 1.86 bits per heavy atom. The van der Waals surface area contributed by atoms with Gasteiger partial charge in [0.05, 0.1) is 0 Å². The van der Waals surface area contributed by atoms with Crippen LogP contribution in [-0.4, -0.2) is 37.5 Å². The normalized spacial score (nSPS) is 15.8. The van der Waals surface area contributed by atoms with E-state index in [1.165, 1.54) is 32.1 Å². The molecule has 1 aliphatic rings. The van der Waals surface area contributed by atoms with Crippen molar-refractivity contribution in [2.75, 3.05) is 19.6 Å². The van der Waals surface area contributed by atoms with Gasteiger partial charge in [0.15, 0.2) is 5.96 Å². The van der Waals surface area contributed by atoms with Crippen molar-refractivity contribution >= 4 is 11.9 Å². The summed E-state index contributed by atoms with van der Waals surface area (Å²) in [5.41, 5.74) is 0. The van der Waals surface area contributed by atoms with Crippen molar-refractivity contribution in [1.82, 2.24) is 16.0 Å². The van der Waals surface area contributed by atoms with E-state index in [-0.39, 0.29) is 5.91 Å². The number of guanidine groups is 1. The number of carbonyl (C=O) groups excluding carboxylic acids is 1. The molecule has 0 radical (unpaired) electrons. The molecule has 0 unspecified atom stereocenters. The van der Waals surface area contributed by atoms with Gasteiger partial charge in [-0.25, -0.2) is 0 Å². The van der Waals surface area contributed by atoms with Gasteiger partial charge in [-0.2, -0.15) is 0 Å². The number of nitrogens with one attached hydrogen (secondary N) is 3. The second-order valence-electron chi connectivity index (χ2n) is 6.05. The molecule has 22 heavy (non-hydrogen) atoms. The molecular weight excluding hydrogens is 276 g/mol. The van der Waals surface area contributed by atoms with Crippen molar-refractivity contribution in [3.05, 3.63) is 0 Å². The van der Waals surface area contributed by atoms with Crippen molar-refractivity contribution < 1.29 is 4.79 Å². The van der Waals surface area contributed by atoms with E-state index in [2.05, 4.69) is 34.8 Å². The fourth-order valence-corrected chi connectivity index (χ4v) is 2.74. The van der Waals surface area contributed by atoms with Crippen LogP contribution in [0.3, 0.4) is 0 Å². The van der Waals surface area contributed by atoms with E-state index in [1.807, 2.05) is 0 Å². The van der Waals surface area contributed by atoms with Crippen LogP contribution in [0.25, 0.3) is 0 Å². The van der Waals surface area contributed by atoms with Gasteiger partial charge in [-0.05, 0) is 26.2 Å². The molecule has 0 atom stereocenters. The second kappa shape index (κ2) is 12.3. The minimum absolute atomic E-state index is 0.151. The van der Waals surface area contributed by atoms with Crippen LogP contribution < -0.4 is 16.0 Å². The molecular formula is C17H34N4O. The monoisotopic (exact) mass is 310 g/mol. The fraction of sp³-hybridized carbons (Fsp3) is 0.882. The predicted molar refractivity (Wildman–Crippen MR) is 93.1 cm³/mol. The number of nitrogens with zero attached hydrogens (tertiary/aromatic N) is 1. The first-order valence-electron chi connectivity index (χ1n) is 9.07. The molecule has 0 aromatic carbocycles. The zero-order valence-electron chi connectivity index (χ0n) is 14.4. The molecule has 1 rings (SSSR count). The average Bonchev–Trinajstić information content (AvgIpc) is 2.99. The summed E-state index contributed by atoms with van der Waals surface area (Å²) in [5.74, 6) is 0.978. The molecule has 0 aromatic rings. The molecule has 1 fully saturated rings. The zero-order chi connectivity index (χ0) is 16.0. The highest BCUT2D eigenvalue weighted by molar-refractivity contribution is 5.81. The van der Waals surface area contributed by atoms with Crippen LogP contribution in [0.1, 0.15) is 71.6 Å².